The molecule has 106 valence electrons. The van der Waals surface area contributed by atoms with Crippen molar-refractivity contribution in [3.05, 3.63) is 0 Å². The second-order valence-electron chi connectivity index (χ2n) is 3.78. The highest BCUT2D eigenvalue weighted by Gasteiger charge is 2.51. The Balaban J connectivity index is 2.75. The van der Waals surface area contributed by atoms with Crippen LogP contribution in [-0.2, 0) is 14.1 Å². The van der Waals surface area contributed by atoms with Crippen molar-refractivity contribution in [3.63, 3.8) is 0 Å². The first kappa shape index (κ1) is 15.5. The molecule has 0 aromatic rings. The van der Waals surface area contributed by atoms with E-state index in [1.165, 1.54) is 0 Å². The fraction of sp³-hybridized carbons (Fsp3) is 0.857. The van der Waals surface area contributed by atoms with E-state index in [9.17, 15) is 24.7 Å². The zero-order valence-corrected chi connectivity index (χ0v) is 9.97. The smallest absolute Gasteiger partial charge is 0.356 e. The van der Waals surface area contributed by atoms with Crippen LogP contribution in [0.4, 0.5) is 0 Å². The third-order valence-corrected chi connectivity index (χ3v) is 3.41. The maximum atomic E-state index is 11.0. The lowest BCUT2D eigenvalue weighted by molar-refractivity contribution is -0.126. The Morgan fingerprint density at radius 1 is 1.39 bits per heavy atom. The topological polar surface area (TPSA) is 183 Å². The molecule has 0 bridgehead atoms. The first-order valence-electron chi connectivity index (χ1n) is 4.92. The number of carbonyl (C=O) groups excluding carboxylic acids is 1. The molecule has 1 amide bonds. The Morgan fingerprint density at radius 3 is 2.39 bits per heavy atom. The van der Waals surface area contributed by atoms with Gasteiger partial charge in [0, 0.05) is 0 Å². The number of rotatable bonds is 4. The number of nitrogens with two attached hydrogens (primary N) is 1. The van der Waals surface area contributed by atoms with E-state index in [4.69, 9.17) is 20.3 Å². The molecular weight excluding hydrogens is 271 g/mol. The molecule has 10 nitrogen and oxygen atoms in total. The number of nitrogens with one attached hydrogen (secondary N) is 1. The van der Waals surface area contributed by atoms with E-state index < -0.39 is 50.4 Å². The van der Waals surface area contributed by atoms with Crippen LogP contribution >= 0.6 is 7.60 Å². The van der Waals surface area contributed by atoms with Gasteiger partial charge in [0.25, 0.3) is 0 Å². The van der Waals surface area contributed by atoms with Crippen LogP contribution < -0.4 is 11.1 Å². The van der Waals surface area contributed by atoms with Gasteiger partial charge in [-0.15, -0.1) is 0 Å². The molecule has 0 aliphatic carbocycles. The molecule has 18 heavy (non-hydrogen) atoms. The van der Waals surface area contributed by atoms with Crippen molar-refractivity contribution in [1.29, 1.82) is 0 Å². The highest BCUT2D eigenvalue weighted by atomic mass is 31.2. The van der Waals surface area contributed by atoms with E-state index >= 15 is 0 Å². The predicted molar refractivity (Wildman–Crippen MR) is 55.9 cm³/mol. The Bertz CT molecular complexity index is 359. The zero-order chi connectivity index (χ0) is 14.1. The van der Waals surface area contributed by atoms with Crippen LogP contribution in [0.25, 0.3) is 0 Å². The fourth-order valence-electron chi connectivity index (χ4n) is 1.48. The van der Waals surface area contributed by atoms with E-state index in [1.54, 1.807) is 0 Å². The summed E-state index contributed by atoms with van der Waals surface area (Å²) in [5.74, 6) is -3.00. The second-order valence-corrected chi connectivity index (χ2v) is 5.48. The van der Waals surface area contributed by atoms with Gasteiger partial charge in [0.05, 0.1) is 6.54 Å². The molecule has 0 saturated carbocycles. The van der Waals surface area contributed by atoms with Crippen molar-refractivity contribution in [2.45, 2.75) is 30.4 Å². The first-order chi connectivity index (χ1) is 8.18. The van der Waals surface area contributed by atoms with Crippen LogP contribution in [0.1, 0.15) is 0 Å². The summed E-state index contributed by atoms with van der Waals surface area (Å²) in [5, 5.41) is 30.3. The van der Waals surface area contributed by atoms with E-state index in [0.29, 0.717) is 0 Å². The standard InChI is InChI=1S/C7H15N2O8P/c8-1-2(10)9-6-4(12)3(11)5(17-6)7(13)18(14,15)16/h3-7,11-13H,1,8H2,(H,9,10)(H2,14,15,16)/t3-,4+,5-,6?,7?/m0/s1. The molecule has 5 atom stereocenters. The Hall–Kier alpha value is -0.580. The summed E-state index contributed by atoms with van der Waals surface area (Å²) in [6, 6.07) is 0. The Labute approximate surface area is 102 Å². The molecule has 0 radical (unpaired) electrons. The summed E-state index contributed by atoms with van der Waals surface area (Å²) in [6.07, 6.45) is -6.51. The van der Waals surface area contributed by atoms with E-state index in [2.05, 4.69) is 5.32 Å². The molecule has 0 aromatic heterocycles. The molecular formula is C7H15N2O8P. The number of aliphatic hydroxyl groups is 3. The summed E-state index contributed by atoms with van der Waals surface area (Å²) in [5.41, 5.74) is 5.01. The minimum atomic E-state index is -4.92. The normalized spacial score (nSPS) is 34.3. The highest BCUT2D eigenvalue weighted by Crippen LogP contribution is 2.44. The van der Waals surface area contributed by atoms with Crippen LogP contribution in [0.2, 0.25) is 0 Å². The van der Waals surface area contributed by atoms with Gasteiger partial charge >= 0.3 is 7.60 Å². The average molecular weight is 286 g/mol. The van der Waals surface area contributed by atoms with Gasteiger partial charge in [-0.2, -0.15) is 0 Å². The largest absolute Gasteiger partial charge is 0.387 e. The van der Waals surface area contributed by atoms with E-state index in [1.807, 2.05) is 0 Å². The van der Waals surface area contributed by atoms with Crippen LogP contribution in [0, 0.1) is 0 Å². The van der Waals surface area contributed by atoms with Gasteiger partial charge in [-0.3, -0.25) is 9.36 Å². The van der Waals surface area contributed by atoms with E-state index in [0.717, 1.165) is 0 Å². The summed E-state index contributed by atoms with van der Waals surface area (Å²) >= 11 is 0. The minimum absolute atomic E-state index is 0.394. The van der Waals surface area contributed by atoms with Gasteiger partial charge in [0.1, 0.15) is 18.3 Å². The second kappa shape index (κ2) is 5.59. The summed E-state index contributed by atoms with van der Waals surface area (Å²) in [6.45, 7) is -0.394. The van der Waals surface area contributed by atoms with Gasteiger partial charge in [-0.05, 0) is 0 Å². The highest BCUT2D eigenvalue weighted by molar-refractivity contribution is 7.52. The lowest BCUT2D eigenvalue weighted by atomic mass is 10.1. The summed E-state index contributed by atoms with van der Waals surface area (Å²) in [4.78, 5) is 28.5. The summed E-state index contributed by atoms with van der Waals surface area (Å²) < 4.78 is 15.6. The molecule has 1 heterocycles. The van der Waals surface area contributed by atoms with E-state index in [-0.39, 0.29) is 0 Å². The molecule has 1 rings (SSSR count). The average Bonchev–Trinajstić information content (AvgIpc) is 2.55. The molecule has 1 saturated heterocycles. The quantitative estimate of drug-likeness (QED) is 0.253. The fourth-order valence-corrected chi connectivity index (χ4v) is 2.11. The van der Waals surface area contributed by atoms with Crippen LogP contribution in [0.5, 0.6) is 0 Å². The molecule has 1 fully saturated rings. The molecule has 1 aliphatic rings. The monoisotopic (exact) mass is 286 g/mol. The predicted octanol–water partition coefficient (Wildman–Crippen LogP) is -4.00. The molecule has 8 N–H and O–H groups in total. The van der Waals surface area contributed by atoms with Crippen molar-refractivity contribution in [3.8, 4) is 0 Å². The van der Waals surface area contributed by atoms with Crippen LogP contribution in [-0.4, -0.2) is 67.9 Å². The lowest BCUT2D eigenvalue weighted by Gasteiger charge is -2.21. The van der Waals surface area contributed by atoms with Crippen molar-refractivity contribution in [1.82, 2.24) is 5.32 Å². The lowest BCUT2D eigenvalue weighted by Crippen LogP contribution is -2.45. The first-order valence-corrected chi connectivity index (χ1v) is 6.61. The SMILES string of the molecule is NCC(=O)NC1O[C@H](C(O)P(=O)(O)O)[C@@H](O)[C@H]1O. The summed E-state index contributed by atoms with van der Waals surface area (Å²) in [7, 11) is -4.92. The number of aliphatic hydroxyl groups excluding tert-OH is 3. The van der Waals surface area contributed by atoms with Gasteiger partial charge < -0.3 is 40.9 Å². The van der Waals surface area contributed by atoms with Crippen molar-refractivity contribution >= 4 is 13.5 Å². The maximum absolute atomic E-state index is 11.0. The van der Waals surface area contributed by atoms with Crippen LogP contribution in [0.3, 0.4) is 0 Å². The number of carbonyl (C=O) groups is 1. The minimum Gasteiger partial charge on any atom is -0.387 e. The number of ether oxygens (including phenoxy) is 1. The number of hydrogen-bond donors (Lipinski definition) is 7. The molecule has 0 aromatic carbocycles. The van der Waals surface area contributed by atoms with Crippen molar-refractivity contribution in [2.24, 2.45) is 5.73 Å². The van der Waals surface area contributed by atoms with Gasteiger partial charge in [-0.1, -0.05) is 0 Å². The Morgan fingerprint density at radius 2 is 1.94 bits per heavy atom. The van der Waals surface area contributed by atoms with Gasteiger partial charge in [0.2, 0.25) is 5.91 Å². The third-order valence-electron chi connectivity index (χ3n) is 2.43. The number of hydrogen-bond acceptors (Lipinski definition) is 7. The molecule has 0 spiro atoms. The molecule has 11 heteroatoms. The molecule has 2 unspecified atom stereocenters. The third kappa shape index (κ3) is 3.25. The Kier molecular flexibility index (Phi) is 4.81. The molecule has 1 aliphatic heterocycles. The van der Waals surface area contributed by atoms with Gasteiger partial charge in [-0.25, -0.2) is 0 Å². The van der Waals surface area contributed by atoms with Gasteiger partial charge in [0.15, 0.2) is 12.1 Å². The number of amides is 1. The van der Waals surface area contributed by atoms with Crippen molar-refractivity contribution in [2.75, 3.05) is 6.54 Å². The van der Waals surface area contributed by atoms with Crippen molar-refractivity contribution < 1.29 is 39.2 Å². The zero-order valence-electron chi connectivity index (χ0n) is 9.08. The maximum Gasteiger partial charge on any atom is 0.356 e. The van der Waals surface area contributed by atoms with Crippen LogP contribution in [0.15, 0.2) is 0 Å².